The molecule has 0 aliphatic rings. The lowest BCUT2D eigenvalue weighted by molar-refractivity contribution is -0.141. The van der Waals surface area contributed by atoms with E-state index in [1.54, 1.807) is 0 Å². The Bertz CT molecular complexity index is 943. The molecule has 27 heavy (non-hydrogen) atoms. The van der Waals surface area contributed by atoms with Gasteiger partial charge in [-0.2, -0.15) is 0 Å². The zero-order valence-electron chi connectivity index (χ0n) is 14.3. The Morgan fingerprint density at radius 1 is 1.15 bits per heavy atom. The molecule has 1 aromatic heterocycles. The second-order valence-corrected chi connectivity index (χ2v) is 7.75. The fraction of sp³-hybridized carbons (Fsp3) is 0.150. The second kappa shape index (κ2) is 8.92. The summed E-state index contributed by atoms with van der Waals surface area (Å²) in [6, 6.07) is 16.0. The Kier molecular flexibility index (Phi) is 6.36. The molecule has 0 spiro atoms. The molecule has 1 heterocycles. The van der Waals surface area contributed by atoms with E-state index in [-0.39, 0.29) is 18.7 Å². The summed E-state index contributed by atoms with van der Waals surface area (Å²) in [6.07, 6.45) is 0.283. The molecule has 0 fully saturated rings. The average Bonchev–Trinajstić information content (AvgIpc) is 3.10. The van der Waals surface area contributed by atoms with Gasteiger partial charge in [0.1, 0.15) is 11.0 Å². The quantitative estimate of drug-likeness (QED) is 0.578. The van der Waals surface area contributed by atoms with Crippen molar-refractivity contribution in [1.82, 2.24) is 10.3 Å². The first-order chi connectivity index (χ1) is 13.0. The van der Waals surface area contributed by atoms with Gasteiger partial charge in [-0.05, 0) is 17.7 Å². The summed E-state index contributed by atoms with van der Waals surface area (Å²) in [7, 11) is 0. The summed E-state index contributed by atoms with van der Waals surface area (Å²) < 4.78 is 0.958. The lowest BCUT2D eigenvalue weighted by Crippen LogP contribution is -2.43. The van der Waals surface area contributed by atoms with E-state index in [0.29, 0.717) is 5.69 Å². The van der Waals surface area contributed by atoms with E-state index in [0.717, 1.165) is 20.6 Å². The average molecular weight is 445 g/mol. The molecule has 2 N–H and O–H groups in total. The fourth-order valence-corrected chi connectivity index (χ4v) is 3.82. The Morgan fingerprint density at radius 2 is 1.93 bits per heavy atom. The van der Waals surface area contributed by atoms with Crippen molar-refractivity contribution >= 4 is 39.1 Å². The van der Waals surface area contributed by atoms with Gasteiger partial charge >= 0.3 is 5.97 Å². The van der Waals surface area contributed by atoms with Crippen LogP contribution in [0.15, 0.2) is 64.5 Å². The summed E-state index contributed by atoms with van der Waals surface area (Å²) in [5, 5.41) is 14.6. The number of benzene rings is 2. The molecule has 3 aromatic rings. The van der Waals surface area contributed by atoms with Crippen LogP contribution < -0.4 is 5.32 Å². The number of halogens is 1. The Labute approximate surface area is 169 Å². The number of amides is 1. The number of nitrogens with one attached hydrogen (secondary N) is 1. The number of carboxylic acids is 1. The number of thiazole rings is 1. The molecule has 0 aliphatic heterocycles. The van der Waals surface area contributed by atoms with E-state index in [4.69, 9.17) is 0 Å². The number of carbonyl (C=O) groups excluding carboxylic acids is 1. The van der Waals surface area contributed by atoms with Crippen LogP contribution in [-0.4, -0.2) is 28.0 Å². The van der Waals surface area contributed by atoms with Gasteiger partial charge in [-0.1, -0.05) is 58.4 Å². The van der Waals surface area contributed by atoms with Crippen molar-refractivity contribution in [2.24, 2.45) is 0 Å². The molecule has 0 unspecified atom stereocenters. The highest BCUT2D eigenvalue weighted by molar-refractivity contribution is 9.10. The van der Waals surface area contributed by atoms with E-state index in [1.165, 1.54) is 11.3 Å². The monoisotopic (exact) mass is 444 g/mol. The number of rotatable bonds is 7. The molecule has 138 valence electrons. The van der Waals surface area contributed by atoms with Crippen LogP contribution in [0.4, 0.5) is 0 Å². The van der Waals surface area contributed by atoms with Gasteiger partial charge in [-0.15, -0.1) is 11.3 Å². The molecule has 1 amide bonds. The zero-order chi connectivity index (χ0) is 19.2. The molecule has 3 rings (SSSR count). The molecular weight excluding hydrogens is 428 g/mol. The third-order valence-electron chi connectivity index (χ3n) is 3.88. The first-order valence-electron chi connectivity index (χ1n) is 8.27. The second-order valence-electron chi connectivity index (χ2n) is 5.98. The first kappa shape index (κ1) is 19.3. The van der Waals surface area contributed by atoms with E-state index in [9.17, 15) is 14.7 Å². The molecule has 2 aromatic carbocycles. The molecular formula is C20H17BrN2O3S. The van der Waals surface area contributed by atoms with Crippen LogP contribution in [0.2, 0.25) is 0 Å². The van der Waals surface area contributed by atoms with Crippen LogP contribution in [0.1, 0.15) is 11.3 Å². The maximum absolute atomic E-state index is 12.3. The maximum atomic E-state index is 12.3. The number of aromatic nitrogens is 1. The summed E-state index contributed by atoms with van der Waals surface area (Å²) in [6.45, 7) is 0. The van der Waals surface area contributed by atoms with Gasteiger partial charge in [0, 0.05) is 21.8 Å². The van der Waals surface area contributed by atoms with Crippen molar-refractivity contribution in [3.05, 3.63) is 75.7 Å². The van der Waals surface area contributed by atoms with Crippen LogP contribution >= 0.6 is 27.3 Å². The Balaban J connectivity index is 1.63. The number of nitrogens with zero attached hydrogens (tertiary/aromatic N) is 1. The summed E-state index contributed by atoms with van der Waals surface area (Å²) in [5.74, 6) is -1.41. The van der Waals surface area contributed by atoms with Crippen molar-refractivity contribution in [1.29, 1.82) is 0 Å². The third-order valence-corrected chi connectivity index (χ3v) is 5.31. The van der Waals surface area contributed by atoms with Gasteiger partial charge in [0.25, 0.3) is 0 Å². The van der Waals surface area contributed by atoms with E-state index in [1.807, 2.05) is 60.0 Å². The van der Waals surface area contributed by atoms with Gasteiger partial charge in [-0.25, -0.2) is 9.78 Å². The summed E-state index contributed by atoms with van der Waals surface area (Å²) in [5.41, 5.74) is 2.45. The van der Waals surface area contributed by atoms with Crippen LogP contribution in [-0.2, 0) is 22.4 Å². The predicted octanol–water partition coefficient (Wildman–Crippen LogP) is 3.93. The molecule has 0 aliphatic carbocycles. The van der Waals surface area contributed by atoms with Crippen LogP contribution in [0, 0.1) is 0 Å². The minimum absolute atomic E-state index is 0.0447. The van der Waals surface area contributed by atoms with Gasteiger partial charge in [0.2, 0.25) is 5.91 Å². The minimum atomic E-state index is -1.06. The van der Waals surface area contributed by atoms with Gasteiger partial charge in [-0.3, -0.25) is 4.79 Å². The van der Waals surface area contributed by atoms with Crippen LogP contribution in [0.3, 0.4) is 0 Å². The molecule has 0 saturated carbocycles. The standard InChI is InChI=1S/C20H17BrN2O3S/c21-15-8-4-7-14(10-15)19-22-16(12-27-19)11-18(24)23-17(20(25)26)9-13-5-2-1-3-6-13/h1-8,10,12,17H,9,11H2,(H,23,24)(H,25,26)/t17-/m1/s1. The van der Waals surface area contributed by atoms with Crippen LogP contribution in [0.25, 0.3) is 10.6 Å². The summed E-state index contributed by atoms with van der Waals surface area (Å²) >= 11 is 4.88. The molecule has 5 nitrogen and oxygen atoms in total. The Hall–Kier alpha value is -2.51. The van der Waals surface area contributed by atoms with Crippen molar-refractivity contribution in [3.8, 4) is 10.6 Å². The van der Waals surface area contributed by atoms with Crippen molar-refractivity contribution in [2.45, 2.75) is 18.9 Å². The number of carbonyl (C=O) groups is 2. The number of hydrogen-bond donors (Lipinski definition) is 2. The molecule has 0 saturated heterocycles. The summed E-state index contributed by atoms with van der Waals surface area (Å²) in [4.78, 5) is 28.3. The smallest absolute Gasteiger partial charge is 0.326 e. The number of aliphatic carboxylic acids is 1. The van der Waals surface area contributed by atoms with Gasteiger partial charge in [0.05, 0.1) is 12.1 Å². The first-order valence-corrected chi connectivity index (χ1v) is 9.95. The zero-order valence-corrected chi connectivity index (χ0v) is 16.7. The van der Waals surface area contributed by atoms with Crippen molar-refractivity contribution in [3.63, 3.8) is 0 Å². The maximum Gasteiger partial charge on any atom is 0.326 e. The predicted molar refractivity (Wildman–Crippen MR) is 109 cm³/mol. The van der Waals surface area contributed by atoms with Crippen molar-refractivity contribution in [2.75, 3.05) is 0 Å². The molecule has 0 radical (unpaired) electrons. The minimum Gasteiger partial charge on any atom is -0.480 e. The van der Waals surface area contributed by atoms with Crippen molar-refractivity contribution < 1.29 is 14.7 Å². The topological polar surface area (TPSA) is 79.3 Å². The lowest BCUT2D eigenvalue weighted by atomic mass is 10.1. The normalized spacial score (nSPS) is 11.7. The number of hydrogen-bond acceptors (Lipinski definition) is 4. The van der Waals surface area contributed by atoms with E-state index in [2.05, 4.69) is 26.2 Å². The highest BCUT2D eigenvalue weighted by Crippen LogP contribution is 2.26. The van der Waals surface area contributed by atoms with E-state index >= 15 is 0 Å². The SMILES string of the molecule is O=C(Cc1csc(-c2cccc(Br)c2)n1)N[C@H](Cc1ccccc1)C(=O)O. The molecule has 7 heteroatoms. The molecule has 1 atom stereocenters. The third kappa shape index (κ3) is 5.48. The molecule has 0 bridgehead atoms. The largest absolute Gasteiger partial charge is 0.480 e. The highest BCUT2D eigenvalue weighted by Gasteiger charge is 2.21. The van der Waals surface area contributed by atoms with E-state index < -0.39 is 12.0 Å². The highest BCUT2D eigenvalue weighted by atomic mass is 79.9. The number of carboxylic acid groups (broad SMARTS) is 1. The van der Waals surface area contributed by atoms with Gasteiger partial charge in [0.15, 0.2) is 0 Å². The lowest BCUT2D eigenvalue weighted by Gasteiger charge is -2.14. The van der Waals surface area contributed by atoms with Gasteiger partial charge < -0.3 is 10.4 Å². The fourth-order valence-electron chi connectivity index (χ4n) is 2.60. The Morgan fingerprint density at radius 3 is 2.63 bits per heavy atom. The van der Waals surface area contributed by atoms with Crippen LogP contribution in [0.5, 0.6) is 0 Å².